The zero-order valence-electron chi connectivity index (χ0n) is 11.9. The maximum Gasteiger partial charge on any atom is 0.119 e. The molecule has 0 N–H and O–H groups in total. The van der Waals surface area contributed by atoms with Crippen molar-refractivity contribution in [3.63, 3.8) is 0 Å². The van der Waals surface area contributed by atoms with E-state index in [1.54, 1.807) is 0 Å². The summed E-state index contributed by atoms with van der Waals surface area (Å²) in [6, 6.07) is 8.26. The van der Waals surface area contributed by atoms with Crippen molar-refractivity contribution < 1.29 is 4.74 Å². The van der Waals surface area contributed by atoms with Gasteiger partial charge < -0.3 is 4.74 Å². The predicted octanol–water partition coefficient (Wildman–Crippen LogP) is 4.84. The zero-order chi connectivity index (χ0) is 12.9. The van der Waals surface area contributed by atoms with Crippen molar-refractivity contribution in [3.8, 4) is 5.75 Å². The number of hydrogen-bond acceptors (Lipinski definition) is 1. The van der Waals surface area contributed by atoms with E-state index in [2.05, 4.69) is 46.8 Å². The number of hydrogen-bond donors (Lipinski definition) is 0. The maximum absolute atomic E-state index is 5.77. The van der Waals surface area contributed by atoms with Gasteiger partial charge in [0.25, 0.3) is 0 Å². The lowest BCUT2D eigenvalue weighted by Crippen LogP contribution is -2.13. The van der Waals surface area contributed by atoms with Crippen LogP contribution in [0, 0.1) is 18.3 Å². The molecule has 0 heterocycles. The van der Waals surface area contributed by atoms with Gasteiger partial charge in [-0.15, -0.1) is 0 Å². The minimum Gasteiger partial charge on any atom is -0.494 e. The molecule has 0 aliphatic heterocycles. The van der Waals surface area contributed by atoms with Crippen molar-refractivity contribution in [2.24, 2.45) is 11.3 Å². The van der Waals surface area contributed by atoms with Crippen molar-refractivity contribution >= 4 is 0 Å². The van der Waals surface area contributed by atoms with Gasteiger partial charge in [0.2, 0.25) is 0 Å². The van der Waals surface area contributed by atoms with Crippen LogP contribution in [0.5, 0.6) is 5.75 Å². The van der Waals surface area contributed by atoms with Gasteiger partial charge in [0.05, 0.1) is 6.61 Å². The summed E-state index contributed by atoms with van der Waals surface area (Å²) >= 11 is 0. The zero-order valence-corrected chi connectivity index (χ0v) is 11.9. The van der Waals surface area contributed by atoms with Crippen molar-refractivity contribution in [3.05, 3.63) is 29.8 Å². The predicted molar refractivity (Wildman–Crippen MR) is 74.5 cm³/mol. The molecule has 0 saturated heterocycles. The van der Waals surface area contributed by atoms with Gasteiger partial charge in [-0.05, 0) is 48.8 Å². The lowest BCUT2D eigenvalue weighted by molar-refractivity contribution is 0.240. The van der Waals surface area contributed by atoms with Crippen LogP contribution in [0.3, 0.4) is 0 Å². The van der Waals surface area contributed by atoms with E-state index in [0.29, 0.717) is 5.41 Å². The fourth-order valence-electron chi connectivity index (χ4n) is 2.23. The van der Waals surface area contributed by atoms with E-state index in [-0.39, 0.29) is 0 Å². The summed E-state index contributed by atoms with van der Waals surface area (Å²) in [4.78, 5) is 0. The topological polar surface area (TPSA) is 9.23 Å². The molecule has 0 amide bonds. The number of ether oxygens (including phenoxy) is 1. The van der Waals surface area contributed by atoms with Crippen LogP contribution in [0.25, 0.3) is 0 Å². The number of aryl methyl sites for hydroxylation is 1. The molecule has 0 radical (unpaired) electrons. The van der Waals surface area contributed by atoms with Gasteiger partial charge >= 0.3 is 0 Å². The van der Waals surface area contributed by atoms with E-state index in [1.165, 1.54) is 12.0 Å². The van der Waals surface area contributed by atoms with Crippen LogP contribution in [0.15, 0.2) is 24.3 Å². The Morgan fingerprint density at radius 2 is 1.94 bits per heavy atom. The Bertz CT molecular complexity index is 336. The van der Waals surface area contributed by atoms with E-state index < -0.39 is 0 Å². The molecular weight excluding hydrogens is 208 g/mol. The molecule has 1 unspecified atom stereocenters. The van der Waals surface area contributed by atoms with E-state index in [0.717, 1.165) is 24.7 Å². The molecule has 0 fully saturated rings. The Hall–Kier alpha value is -0.980. The van der Waals surface area contributed by atoms with Gasteiger partial charge in [0, 0.05) is 0 Å². The molecule has 0 bridgehead atoms. The second-order valence-corrected chi connectivity index (χ2v) is 6.32. The minimum atomic E-state index is 0.419. The monoisotopic (exact) mass is 234 g/mol. The average Bonchev–Trinajstić information content (AvgIpc) is 2.14. The van der Waals surface area contributed by atoms with Crippen molar-refractivity contribution in [2.75, 3.05) is 6.61 Å². The van der Waals surface area contributed by atoms with Gasteiger partial charge in [0.1, 0.15) is 5.75 Å². The Balaban J connectivity index is 2.28. The summed E-state index contributed by atoms with van der Waals surface area (Å²) in [6.07, 6.45) is 2.38. The lowest BCUT2D eigenvalue weighted by Gasteiger charge is -2.23. The van der Waals surface area contributed by atoms with Crippen molar-refractivity contribution in [1.29, 1.82) is 0 Å². The Morgan fingerprint density at radius 1 is 1.24 bits per heavy atom. The fraction of sp³-hybridized carbons (Fsp3) is 0.625. The van der Waals surface area contributed by atoms with Crippen LogP contribution >= 0.6 is 0 Å². The second kappa shape index (κ2) is 6.09. The van der Waals surface area contributed by atoms with E-state index in [4.69, 9.17) is 4.74 Å². The summed E-state index contributed by atoms with van der Waals surface area (Å²) in [5.41, 5.74) is 1.67. The molecule has 17 heavy (non-hydrogen) atoms. The molecule has 0 aromatic heterocycles. The van der Waals surface area contributed by atoms with Crippen LogP contribution in [-0.4, -0.2) is 6.61 Å². The highest BCUT2D eigenvalue weighted by atomic mass is 16.5. The summed E-state index contributed by atoms with van der Waals surface area (Å²) in [6.45, 7) is 12.1. The molecule has 1 rings (SSSR count). The largest absolute Gasteiger partial charge is 0.494 e. The number of rotatable bonds is 5. The molecule has 1 heteroatoms. The van der Waals surface area contributed by atoms with Gasteiger partial charge in [0.15, 0.2) is 0 Å². The maximum atomic E-state index is 5.77. The third-order valence-electron chi connectivity index (χ3n) is 2.83. The first kappa shape index (κ1) is 14.1. The third-order valence-corrected chi connectivity index (χ3v) is 2.83. The molecule has 0 aliphatic rings. The summed E-state index contributed by atoms with van der Waals surface area (Å²) < 4.78 is 5.77. The van der Waals surface area contributed by atoms with Crippen molar-refractivity contribution in [2.45, 2.75) is 47.5 Å². The van der Waals surface area contributed by atoms with Crippen LogP contribution in [0.4, 0.5) is 0 Å². The Morgan fingerprint density at radius 3 is 2.53 bits per heavy atom. The smallest absolute Gasteiger partial charge is 0.119 e. The summed E-state index contributed by atoms with van der Waals surface area (Å²) in [7, 11) is 0. The lowest BCUT2D eigenvalue weighted by atomic mass is 9.84. The summed E-state index contributed by atoms with van der Waals surface area (Å²) in [5.74, 6) is 1.72. The molecule has 0 aliphatic carbocycles. The summed E-state index contributed by atoms with van der Waals surface area (Å²) in [5, 5.41) is 0. The molecule has 96 valence electrons. The second-order valence-electron chi connectivity index (χ2n) is 6.32. The van der Waals surface area contributed by atoms with Gasteiger partial charge in [-0.1, -0.05) is 39.8 Å². The first-order chi connectivity index (χ1) is 7.87. The van der Waals surface area contributed by atoms with Crippen molar-refractivity contribution in [1.82, 2.24) is 0 Å². The Labute approximate surface area is 106 Å². The van der Waals surface area contributed by atoms with Gasteiger partial charge in [-0.3, -0.25) is 0 Å². The van der Waals surface area contributed by atoms with Crippen LogP contribution in [0.1, 0.15) is 46.1 Å². The molecular formula is C16H26O. The highest BCUT2D eigenvalue weighted by molar-refractivity contribution is 5.27. The first-order valence-electron chi connectivity index (χ1n) is 6.56. The average molecular weight is 234 g/mol. The quantitative estimate of drug-likeness (QED) is 0.708. The van der Waals surface area contributed by atoms with E-state index >= 15 is 0 Å². The molecule has 1 aromatic carbocycles. The molecule has 1 atom stereocenters. The number of benzene rings is 1. The first-order valence-corrected chi connectivity index (χ1v) is 6.56. The van der Waals surface area contributed by atoms with E-state index in [1.807, 2.05) is 12.1 Å². The standard InChI is InChI=1S/C16H26O/c1-13-7-6-8-15(11-13)17-10-9-14(2)12-16(3,4)5/h6-8,11,14H,9-10,12H2,1-5H3. The SMILES string of the molecule is Cc1cccc(OCCC(C)CC(C)(C)C)c1. The van der Waals surface area contributed by atoms with E-state index in [9.17, 15) is 0 Å². The minimum absolute atomic E-state index is 0.419. The normalized spacial score (nSPS) is 13.5. The van der Waals surface area contributed by atoms with Crippen LogP contribution in [0.2, 0.25) is 0 Å². The van der Waals surface area contributed by atoms with Gasteiger partial charge in [-0.25, -0.2) is 0 Å². The molecule has 0 saturated carbocycles. The third kappa shape index (κ3) is 6.35. The molecule has 1 aromatic rings. The fourth-order valence-corrected chi connectivity index (χ4v) is 2.23. The Kier molecular flexibility index (Phi) is 5.04. The van der Waals surface area contributed by atoms with Crippen LogP contribution in [-0.2, 0) is 0 Å². The van der Waals surface area contributed by atoms with Gasteiger partial charge in [-0.2, -0.15) is 0 Å². The molecule has 0 spiro atoms. The highest BCUT2D eigenvalue weighted by Gasteiger charge is 2.14. The molecule has 1 nitrogen and oxygen atoms in total. The van der Waals surface area contributed by atoms with Crippen LogP contribution < -0.4 is 4.74 Å². The highest BCUT2D eigenvalue weighted by Crippen LogP contribution is 2.26.